The van der Waals surface area contributed by atoms with E-state index in [-0.39, 0.29) is 6.04 Å². The van der Waals surface area contributed by atoms with Gasteiger partial charge in [0.2, 0.25) is 5.95 Å². The summed E-state index contributed by atoms with van der Waals surface area (Å²) in [6.45, 7) is 2.08. The van der Waals surface area contributed by atoms with Crippen molar-refractivity contribution in [3.63, 3.8) is 0 Å². The Morgan fingerprint density at radius 2 is 1.85 bits per heavy atom. The first-order valence-electron chi connectivity index (χ1n) is 8.37. The molecule has 0 saturated carbocycles. The molecule has 0 spiro atoms. The van der Waals surface area contributed by atoms with E-state index in [2.05, 4.69) is 52.7 Å². The van der Waals surface area contributed by atoms with E-state index in [1.165, 1.54) is 5.56 Å². The summed E-state index contributed by atoms with van der Waals surface area (Å²) >= 11 is 0. The monoisotopic (exact) mass is 348 g/mol. The number of fused-ring (bicyclic) bond motifs is 1. The quantitative estimate of drug-likeness (QED) is 0.780. The summed E-state index contributed by atoms with van der Waals surface area (Å²) in [6, 6.07) is 14.2. The molecule has 4 rings (SSSR count). The minimum atomic E-state index is -0.0452. The van der Waals surface area contributed by atoms with E-state index in [9.17, 15) is 0 Å². The number of benzene rings is 2. The van der Waals surface area contributed by atoms with E-state index in [0.29, 0.717) is 5.95 Å². The molecule has 2 aromatic carbocycles. The number of hydrogen-bond donors (Lipinski definition) is 1. The van der Waals surface area contributed by atoms with E-state index in [4.69, 9.17) is 9.47 Å². The summed E-state index contributed by atoms with van der Waals surface area (Å²) in [6.07, 6.45) is 3.70. The standard InChI is InChI=1S/C20H20N4O2/c1-13-4-6-14(7-5-13)18-11-17(23-20-21-12-22-24(18)20)16-9-8-15(25-2)10-19(16)26-3/h4-12,18H,1-3H3,(H,21,22,23)/t18-/m1/s1. The maximum Gasteiger partial charge on any atom is 0.226 e. The minimum absolute atomic E-state index is 0.0452. The lowest BCUT2D eigenvalue weighted by Gasteiger charge is -2.25. The first-order valence-corrected chi connectivity index (χ1v) is 8.37. The molecule has 2 heterocycles. The molecule has 132 valence electrons. The van der Waals surface area contributed by atoms with Crippen LogP contribution in [0.2, 0.25) is 0 Å². The molecular weight excluding hydrogens is 328 g/mol. The Morgan fingerprint density at radius 1 is 1.04 bits per heavy atom. The number of allylic oxidation sites excluding steroid dienone is 1. The van der Waals surface area contributed by atoms with Gasteiger partial charge in [0.15, 0.2) is 0 Å². The smallest absolute Gasteiger partial charge is 0.226 e. The number of rotatable bonds is 4. The first kappa shape index (κ1) is 16.2. The largest absolute Gasteiger partial charge is 0.497 e. The van der Waals surface area contributed by atoms with Crippen LogP contribution >= 0.6 is 0 Å². The van der Waals surface area contributed by atoms with Crippen molar-refractivity contribution in [3.8, 4) is 11.5 Å². The molecular formula is C20H20N4O2. The molecule has 0 bridgehead atoms. The van der Waals surface area contributed by atoms with Crippen LogP contribution in [0.4, 0.5) is 5.95 Å². The Kier molecular flexibility index (Phi) is 4.08. The predicted octanol–water partition coefficient (Wildman–Crippen LogP) is 3.66. The van der Waals surface area contributed by atoms with E-state index in [1.54, 1.807) is 20.5 Å². The van der Waals surface area contributed by atoms with Gasteiger partial charge in [-0.1, -0.05) is 29.8 Å². The molecule has 3 aromatic rings. The van der Waals surface area contributed by atoms with E-state index in [0.717, 1.165) is 28.3 Å². The number of hydrogen-bond acceptors (Lipinski definition) is 5. The number of aromatic nitrogens is 3. The normalized spacial score (nSPS) is 15.7. The summed E-state index contributed by atoms with van der Waals surface area (Å²) in [5, 5.41) is 7.73. The highest BCUT2D eigenvalue weighted by molar-refractivity contribution is 5.80. The third-order valence-electron chi connectivity index (χ3n) is 4.53. The van der Waals surface area contributed by atoms with Gasteiger partial charge in [0, 0.05) is 11.6 Å². The Bertz CT molecular complexity index is 960. The summed E-state index contributed by atoms with van der Waals surface area (Å²) in [5.74, 6) is 2.19. The Hall–Kier alpha value is -3.28. The van der Waals surface area contributed by atoms with Crippen molar-refractivity contribution < 1.29 is 9.47 Å². The number of aryl methyl sites for hydroxylation is 1. The maximum absolute atomic E-state index is 5.56. The third-order valence-corrected chi connectivity index (χ3v) is 4.53. The molecule has 1 aromatic heterocycles. The third kappa shape index (κ3) is 2.79. The van der Waals surface area contributed by atoms with E-state index < -0.39 is 0 Å². The van der Waals surface area contributed by atoms with Crippen LogP contribution < -0.4 is 14.8 Å². The minimum Gasteiger partial charge on any atom is -0.497 e. The number of methoxy groups -OCH3 is 2. The molecule has 1 N–H and O–H groups in total. The first-order chi connectivity index (χ1) is 12.7. The molecule has 0 unspecified atom stereocenters. The molecule has 1 atom stereocenters. The van der Waals surface area contributed by atoms with E-state index >= 15 is 0 Å². The van der Waals surface area contributed by atoms with Crippen molar-refractivity contribution in [1.82, 2.24) is 14.8 Å². The lowest BCUT2D eigenvalue weighted by molar-refractivity contribution is 0.393. The van der Waals surface area contributed by atoms with Crippen molar-refractivity contribution >= 4 is 11.6 Å². The van der Waals surface area contributed by atoms with Crippen molar-refractivity contribution in [2.24, 2.45) is 0 Å². The Labute approximate surface area is 152 Å². The zero-order chi connectivity index (χ0) is 18.1. The molecule has 6 nitrogen and oxygen atoms in total. The zero-order valence-electron chi connectivity index (χ0n) is 14.9. The number of ether oxygens (including phenoxy) is 2. The highest BCUT2D eigenvalue weighted by Gasteiger charge is 2.24. The van der Waals surface area contributed by atoms with Gasteiger partial charge in [0.05, 0.1) is 19.9 Å². The van der Waals surface area contributed by atoms with Crippen molar-refractivity contribution in [3.05, 3.63) is 71.6 Å². The molecule has 1 aliphatic rings. The fraction of sp³-hybridized carbons (Fsp3) is 0.200. The fourth-order valence-corrected chi connectivity index (χ4v) is 3.11. The van der Waals surface area contributed by atoms with Gasteiger partial charge in [0.1, 0.15) is 23.9 Å². The highest BCUT2D eigenvalue weighted by Crippen LogP contribution is 2.36. The van der Waals surface area contributed by atoms with Crippen LogP contribution in [0.25, 0.3) is 5.70 Å². The molecule has 6 heteroatoms. The van der Waals surface area contributed by atoms with Crippen molar-refractivity contribution in [2.75, 3.05) is 19.5 Å². The number of nitrogens with one attached hydrogen (secondary N) is 1. The van der Waals surface area contributed by atoms with Gasteiger partial charge in [-0.25, -0.2) is 4.68 Å². The molecule has 1 aliphatic heterocycles. The second-order valence-corrected chi connectivity index (χ2v) is 6.16. The Morgan fingerprint density at radius 3 is 2.58 bits per heavy atom. The van der Waals surface area contributed by atoms with Gasteiger partial charge >= 0.3 is 0 Å². The summed E-state index contributed by atoms with van der Waals surface area (Å²) in [7, 11) is 3.30. The van der Waals surface area contributed by atoms with Gasteiger partial charge in [-0.3, -0.25) is 0 Å². The van der Waals surface area contributed by atoms with Crippen LogP contribution in [0.5, 0.6) is 11.5 Å². The molecule has 0 fully saturated rings. The van der Waals surface area contributed by atoms with Gasteiger partial charge in [-0.15, -0.1) is 0 Å². The number of anilines is 1. The SMILES string of the molecule is COc1ccc(C2=C[C@H](c3ccc(C)cc3)n3ncnc3N2)c(OC)c1. The molecule has 0 saturated heterocycles. The predicted molar refractivity (Wildman–Crippen MR) is 100 cm³/mol. The summed E-state index contributed by atoms with van der Waals surface area (Å²) < 4.78 is 12.7. The lowest BCUT2D eigenvalue weighted by Crippen LogP contribution is -2.20. The molecule has 0 aliphatic carbocycles. The van der Waals surface area contributed by atoms with Crippen LogP contribution in [-0.2, 0) is 0 Å². The average molecular weight is 348 g/mol. The average Bonchev–Trinajstić information content (AvgIpc) is 3.16. The second kappa shape index (κ2) is 6.55. The van der Waals surface area contributed by atoms with Crippen molar-refractivity contribution in [1.29, 1.82) is 0 Å². The lowest BCUT2D eigenvalue weighted by atomic mass is 10.0. The summed E-state index contributed by atoms with van der Waals surface area (Å²) in [4.78, 5) is 4.35. The van der Waals surface area contributed by atoms with Crippen LogP contribution in [0, 0.1) is 6.92 Å². The number of nitrogens with zero attached hydrogens (tertiary/aromatic N) is 3. The van der Waals surface area contributed by atoms with Crippen molar-refractivity contribution in [2.45, 2.75) is 13.0 Å². The van der Waals surface area contributed by atoms with Crippen LogP contribution in [0.3, 0.4) is 0 Å². The topological polar surface area (TPSA) is 61.2 Å². The maximum atomic E-state index is 5.56. The van der Waals surface area contributed by atoms with Crippen LogP contribution in [0.15, 0.2) is 54.9 Å². The highest BCUT2D eigenvalue weighted by atomic mass is 16.5. The molecule has 26 heavy (non-hydrogen) atoms. The molecule has 0 radical (unpaired) electrons. The van der Waals surface area contributed by atoms with Gasteiger partial charge < -0.3 is 14.8 Å². The van der Waals surface area contributed by atoms with Crippen LogP contribution in [0.1, 0.15) is 22.7 Å². The van der Waals surface area contributed by atoms with Gasteiger partial charge in [-0.2, -0.15) is 10.1 Å². The fourth-order valence-electron chi connectivity index (χ4n) is 3.11. The zero-order valence-corrected chi connectivity index (χ0v) is 14.9. The molecule has 0 amide bonds. The van der Waals surface area contributed by atoms with Crippen LogP contribution in [-0.4, -0.2) is 29.0 Å². The van der Waals surface area contributed by atoms with Gasteiger partial charge in [0.25, 0.3) is 0 Å². The second-order valence-electron chi connectivity index (χ2n) is 6.16. The summed E-state index contributed by atoms with van der Waals surface area (Å²) in [5.41, 5.74) is 4.24. The van der Waals surface area contributed by atoms with E-state index in [1.807, 2.05) is 22.9 Å². The van der Waals surface area contributed by atoms with Gasteiger partial charge in [-0.05, 0) is 30.7 Å². The Balaban J connectivity index is 1.81.